The van der Waals surface area contributed by atoms with Gasteiger partial charge < -0.3 is 15.0 Å². The van der Waals surface area contributed by atoms with Crippen LogP contribution >= 0.6 is 0 Å². The molecule has 10 heteroatoms. The summed E-state index contributed by atoms with van der Waals surface area (Å²) in [6.07, 6.45) is 7.30. The van der Waals surface area contributed by atoms with Crippen LogP contribution in [-0.2, 0) is 35.7 Å². The minimum Gasteiger partial charge on any atom is -0.477 e. The summed E-state index contributed by atoms with van der Waals surface area (Å²) in [5.74, 6) is 0.687. The Hall–Kier alpha value is -2.43. The monoisotopic (exact) mass is 458 g/mol. The highest BCUT2D eigenvalue weighted by atomic mass is 32.2. The molecule has 0 spiro atoms. The van der Waals surface area contributed by atoms with Gasteiger partial charge in [-0.05, 0) is 74.4 Å². The molecule has 1 aliphatic heterocycles. The molecule has 0 saturated carbocycles. The Labute approximate surface area is 188 Å². The van der Waals surface area contributed by atoms with E-state index >= 15 is 0 Å². The molecule has 0 bridgehead atoms. The second kappa shape index (κ2) is 8.17. The summed E-state index contributed by atoms with van der Waals surface area (Å²) >= 11 is 0. The standard InChI is InChI=1S/C22H30N6O3S/c1-27(2)13-16-8-7-15-11-14-5-3-6-17(14)20(19(15)16)25-22(29)26-32(23,30)18-12-24-28-9-4-10-31-21(18)28/h11-12,16H,3-10,13H2,1-2H3,(H3,23,25,26,29,30). The normalized spacial score (nSPS) is 20.8. The van der Waals surface area contributed by atoms with E-state index in [9.17, 15) is 9.00 Å². The van der Waals surface area contributed by atoms with Crippen molar-refractivity contribution in [2.24, 2.45) is 9.50 Å². The van der Waals surface area contributed by atoms with E-state index in [2.05, 4.69) is 39.8 Å². The summed E-state index contributed by atoms with van der Waals surface area (Å²) in [4.78, 5) is 15.4. The number of nitrogens with zero attached hydrogens (tertiary/aromatic N) is 4. The molecule has 0 saturated heterocycles. The molecule has 172 valence electrons. The molecule has 1 aromatic carbocycles. The molecular weight excluding hydrogens is 428 g/mol. The average molecular weight is 459 g/mol. The molecule has 32 heavy (non-hydrogen) atoms. The van der Waals surface area contributed by atoms with Crippen LogP contribution in [0, 0.1) is 0 Å². The van der Waals surface area contributed by atoms with Crippen LogP contribution in [0.2, 0.25) is 0 Å². The highest BCUT2D eigenvalue weighted by molar-refractivity contribution is 7.91. The Bertz CT molecular complexity index is 1190. The van der Waals surface area contributed by atoms with E-state index < -0.39 is 15.9 Å². The molecule has 1 aromatic heterocycles. The van der Waals surface area contributed by atoms with Crippen molar-refractivity contribution in [1.29, 1.82) is 0 Å². The summed E-state index contributed by atoms with van der Waals surface area (Å²) in [7, 11) is 0.641. The Morgan fingerprint density at radius 2 is 2.19 bits per heavy atom. The molecule has 0 fully saturated rings. The molecule has 3 N–H and O–H groups in total. The third-order valence-corrected chi connectivity index (χ3v) is 7.91. The lowest BCUT2D eigenvalue weighted by Gasteiger charge is -2.22. The summed E-state index contributed by atoms with van der Waals surface area (Å²) in [6.45, 7) is 2.07. The third kappa shape index (κ3) is 3.80. The molecular formula is C22H30N6O3S. The average Bonchev–Trinajstić information content (AvgIpc) is 3.45. The molecule has 3 aliphatic rings. The second-order valence-corrected chi connectivity index (χ2v) is 10.9. The molecule has 2 amide bonds. The van der Waals surface area contributed by atoms with Crippen LogP contribution in [0.5, 0.6) is 5.88 Å². The van der Waals surface area contributed by atoms with Gasteiger partial charge in [0.15, 0.2) is 9.92 Å². The first-order valence-electron chi connectivity index (χ1n) is 11.2. The van der Waals surface area contributed by atoms with Crippen molar-refractivity contribution >= 4 is 21.6 Å². The van der Waals surface area contributed by atoms with Crippen LogP contribution in [0.3, 0.4) is 0 Å². The number of anilines is 1. The predicted octanol–water partition coefficient (Wildman–Crippen LogP) is 2.68. The van der Waals surface area contributed by atoms with E-state index in [0.29, 0.717) is 24.9 Å². The van der Waals surface area contributed by atoms with E-state index in [-0.39, 0.29) is 4.90 Å². The number of benzene rings is 1. The van der Waals surface area contributed by atoms with Gasteiger partial charge in [0, 0.05) is 25.2 Å². The summed E-state index contributed by atoms with van der Waals surface area (Å²) in [5.41, 5.74) is 5.86. The van der Waals surface area contributed by atoms with Crippen molar-refractivity contribution in [2.45, 2.75) is 55.9 Å². The Morgan fingerprint density at radius 3 is 3.00 bits per heavy atom. The van der Waals surface area contributed by atoms with Gasteiger partial charge >= 0.3 is 6.03 Å². The van der Waals surface area contributed by atoms with Crippen LogP contribution in [0.4, 0.5) is 10.5 Å². The number of hydrogen-bond donors (Lipinski definition) is 2. The number of nitrogens with two attached hydrogens (primary N) is 1. The Morgan fingerprint density at radius 1 is 1.34 bits per heavy atom. The van der Waals surface area contributed by atoms with Crippen LogP contribution in [0.25, 0.3) is 0 Å². The minimum atomic E-state index is -3.49. The quantitative estimate of drug-likeness (QED) is 0.731. The molecule has 2 atom stereocenters. The van der Waals surface area contributed by atoms with Gasteiger partial charge in [-0.3, -0.25) is 0 Å². The van der Waals surface area contributed by atoms with Crippen molar-refractivity contribution in [3.8, 4) is 5.88 Å². The first kappa shape index (κ1) is 21.4. The van der Waals surface area contributed by atoms with E-state index in [4.69, 9.17) is 9.88 Å². The van der Waals surface area contributed by atoms with Gasteiger partial charge in [-0.2, -0.15) is 5.10 Å². The van der Waals surface area contributed by atoms with E-state index in [1.54, 1.807) is 4.68 Å². The number of amides is 2. The highest BCUT2D eigenvalue weighted by Gasteiger charge is 2.32. The topological polar surface area (TPSA) is 115 Å². The number of aromatic nitrogens is 2. The largest absolute Gasteiger partial charge is 0.477 e. The summed E-state index contributed by atoms with van der Waals surface area (Å²) in [6, 6.07) is 1.63. The first-order valence-corrected chi connectivity index (χ1v) is 12.8. The van der Waals surface area contributed by atoms with Crippen molar-refractivity contribution in [3.05, 3.63) is 34.5 Å². The zero-order valence-corrected chi connectivity index (χ0v) is 19.4. The van der Waals surface area contributed by atoms with Gasteiger partial charge in [0.05, 0.1) is 12.8 Å². The van der Waals surface area contributed by atoms with E-state index in [0.717, 1.165) is 50.8 Å². The maximum absolute atomic E-state index is 13.2. The van der Waals surface area contributed by atoms with Crippen LogP contribution < -0.4 is 15.2 Å². The predicted molar refractivity (Wildman–Crippen MR) is 122 cm³/mol. The summed E-state index contributed by atoms with van der Waals surface area (Å²) < 4.78 is 24.3. The number of hydrogen-bond acceptors (Lipinski definition) is 5. The second-order valence-electron chi connectivity index (χ2n) is 9.14. The number of likely N-dealkylation sites (N-methyl/N-ethyl adjacent to an activating group) is 1. The number of carbonyl (C=O) groups is 1. The number of rotatable bonds is 4. The fourth-order valence-electron chi connectivity index (χ4n) is 5.28. The van der Waals surface area contributed by atoms with Crippen molar-refractivity contribution in [3.63, 3.8) is 0 Å². The maximum atomic E-state index is 13.2. The van der Waals surface area contributed by atoms with Crippen LogP contribution in [0.15, 0.2) is 21.5 Å². The van der Waals surface area contributed by atoms with Crippen LogP contribution in [-0.4, -0.2) is 52.2 Å². The van der Waals surface area contributed by atoms with Crippen molar-refractivity contribution < 1.29 is 13.7 Å². The SMILES string of the molecule is CN(C)CC1CCc2cc3c(c(NC(=O)N=S(N)(=O)c4cnn5c4OCCC5)c21)CCC3. The lowest BCUT2D eigenvalue weighted by atomic mass is 9.93. The number of carbonyl (C=O) groups excluding carboxylic acids is 1. The Kier molecular flexibility index (Phi) is 5.47. The van der Waals surface area contributed by atoms with E-state index in [1.165, 1.54) is 28.5 Å². The molecule has 2 unspecified atom stereocenters. The van der Waals surface area contributed by atoms with E-state index in [1.807, 2.05) is 0 Å². The lowest BCUT2D eigenvalue weighted by molar-refractivity contribution is 0.224. The number of ether oxygens (including phenoxy) is 1. The van der Waals surface area contributed by atoms with Gasteiger partial charge in [-0.25, -0.2) is 18.8 Å². The first-order chi connectivity index (χ1) is 15.3. The number of aryl methyl sites for hydroxylation is 3. The van der Waals surface area contributed by atoms with Crippen molar-refractivity contribution in [2.75, 3.05) is 32.6 Å². The van der Waals surface area contributed by atoms with Crippen LogP contribution in [0.1, 0.15) is 47.4 Å². The summed E-state index contributed by atoms with van der Waals surface area (Å²) in [5, 5.41) is 13.2. The molecule has 2 heterocycles. The number of fused-ring (bicyclic) bond motifs is 3. The lowest BCUT2D eigenvalue weighted by Crippen LogP contribution is -2.22. The maximum Gasteiger partial charge on any atom is 0.354 e. The number of urea groups is 1. The zero-order valence-electron chi connectivity index (χ0n) is 18.6. The minimum absolute atomic E-state index is 0.168. The fourth-order valence-corrected chi connectivity index (χ4v) is 6.29. The molecule has 2 aliphatic carbocycles. The highest BCUT2D eigenvalue weighted by Crippen LogP contribution is 2.44. The van der Waals surface area contributed by atoms with Gasteiger partial charge in [-0.15, -0.1) is 4.36 Å². The molecule has 5 rings (SSSR count). The fraction of sp³-hybridized carbons (Fsp3) is 0.545. The molecule has 2 aromatic rings. The third-order valence-electron chi connectivity index (χ3n) is 6.56. The van der Waals surface area contributed by atoms with Gasteiger partial charge in [0.25, 0.3) is 0 Å². The van der Waals surface area contributed by atoms with Crippen molar-refractivity contribution in [1.82, 2.24) is 14.7 Å². The number of nitrogens with one attached hydrogen (secondary N) is 1. The van der Waals surface area contributed by atoms with Gasteiger partial charge in [0.1, 0.15) is 4.90 Å². The van der Waals surface area contributed by atoms with Gasteiger partial charge in [0.2, 0.25) is 5.88 Å². The smallest absolute Gasteiger partial charge is 0.354 e. The molecule has 0 radical (unpaired) electrons. The molecule has 9 nitrogen and oxygen atoms in total. The van der Waals surface area contributed by atoms with Gasteiger partial charge in [-0.1, -0.05) is 6.07 Å². The zero-order chi connectivity index (χ0) is 22.5. The Balaban J connectivity index is 1.50.